The fraction of sp³-hybridized carbons (Fsp3) is 0.368. The van der Waals surface area contributed by atoms with E-state index in [1.54, 1.807) is 0 Å². The molecule has 0 saturated carbocycles. The molecule has 1 atom stereocenters. The SMILES string of the molecule is Cc1ccc(C2CCCN2C(=O)CCC(=O)c2cccs2)cc1. The highest BCUT2D eigenvalue weighted by molar-refractivity contribution is 7.12. The minimum atomic E-state index is 0.0689. The minimum Gasteiger partial charge on any atom is -0.336 e. The zero-order valence-electron chi connectivity index (χ0n) is 13.3. The van der Waals surface area contributed by atoms with E-state index in [0.717, 1.165) is 24.3 Å². The van der Waals surface area contributed by atoms with Gasteiger partial charge >= 0.3 is 0 Å². The van der Waals surface area contributed by atoms with Crippen molar-refractivity contribution in [3.05, 3.63) is 57.8 Å². The maximum atomic E-state index is 12.5. The third-order valence-electron chi connectivity index (χ3n) is 4.40. The Bertz CT molecular complexity index is 676. The second-order valence-electron chi connectivity index (χ2n) is 6.06. The average Bonchev–Trinajstić information content (AvgIpc) is 3.24. The van der Waals surface area contributed by atoms with Crippen molar-refractivity contribution in [2.75, 3.05) is 6.54 Å². The summed E-state index contributed by atoms with van der Waals surface area (Å²) in [5.41, 5.74) is 2.43. The molecule has 1 fully saturated rings. The van der Waals surface area contributed by atoms with Crippen LogP contribution in [0.5, 0.6) is 0 Å². The van der Waals surface area contributed by atoms with Crippen LogP contribution in [0.4, 0.5) is 0 Å². The van der Waals surface area contributed by atoms with Crippen LogP contribution in [0.25, 0.3) is 0 Å². The lowest BCUT2D eigenvalue weighted by molar-refractivity contribution is -0.132. The second-order valence-corrected chi connectivity index (χ2v) is 7.00. The lowest BCUT2D eigenvalue weighted by Crippen LogP contribution is -2.30. The fourth-order valence-corrected chi connectivity index (χ4v) is 3.82. The van der Waals surface area contributed by atoms with Gasteiger partial charge in [0.05, 0.1) is 10.9 Å². The van der Waals surface area contributed by atoms with Gasteiger partial charge in [-0.05, 0) is 36.8 Å². The summed E-state index contributed by atoms with van der Waals surface area (Å²) >= 11 is 1.44. The van der Waals surface area contributed by atoms with E-state index in [1.807, 2.05) is 22.4 Å². The van der Waals surface area contributed by atoms with Gasteiger partial charge in [0, 0.05) is 19.4 Å². The molecule has 1 unspecified atom stereocenters. The third kappa shape index (κ3) is 3.70. The Morgan fingerprint density at radius 3 is 2.65 bits per heavy atom. The first-order chi connectivity index (χ1) is 11.1. The number of rotatable bonds is 5. The topological polar surface area (TPSA) is 37.4 Å². The number of Topliss-reactive ketones (excluding diaryl/α,β-unsaturated/α-hetero) is 1. The van der Waals surface area contributed by atoms with Crippen LogP contribution < -0.4 is 0 Å². The van der Waals surface area contributed by atoms with Gasteiger partial charge in [0.2, 0.25) is 5.91 Å². The summed E-state index contributed by atoms with van der Waals surface area (Å²) in [5.74, 6) is 0.164. The highest BCUT2D eigenvalue weighted by Gasteiger charge is 2.29. The number of thiophene rings is 1. The molecule has 3 rings (SSSR count). The smallest absolute Gasteiger partial charge is 0.223 e. The van der Waals surface area contributed by atoms with Gasteiger partial charge in [0.15, 0.2) is 5.78 Å². The van der Waals surface area contributed by atoms with Crippen LogP contribution in [-0.4, -0.2) is 23.1 Å². The first kappa shape index (κ1) is 15.9. The molecule has 1 aromatic heterocycles. The molecule has 120 valence electrons. The van der Waals surface area contributed by atoms with Crippen LogP contribution in [0.1, 0.15) is 52.5 Å². The summed E-state index contributed by atoms with van der Waals surface area (Å²) < 4.78 is 0. The van der Waals surface area contributed by atoms with Gasteiger partial charge < -0.3 is 4.90 Å². The number of benzene rings is 1. The highest BCUT2D eigenvalue weighted by Crippen LogP contribution is 2.32. The Labute approximate surface area is 140 Å². The number of hydrogen-bond acceptors (Lipinski definition) is 3. The number of nitrogens with zero attached hydrogens (tertiary/aromatic N) is 1. The molecule has 0 bridgehead atoms. The van der Waals surface area contributed by atoms with Gasteiger partial charge in [-0.15, -0.1) is 11.3 Å². The van der Waals surface area contributed by atoms with E-state index in [0.29, 0.717) is 12.8 Å². The Balaban J connectivity index is 1.62. The monoisotopic (exact) mass is 327 g/mol. The van der Waals surface area contributed by atoms with Gasteiger partial charge in [0.25, 0.3) is 0 Å². The lowest BCUT2D eigenvalue weighted by atomic mass is 10.0. The molecule has 1 aromatic carbocycles. The molecule has 2 heterocycles. The number of aryl methyl sites for hydroxylation is 1. The maximum Gasteiger partial charge on any atom is 0.223 e. The van der Waals surface area contributed by atoms with E-state index in [2.05, 4.69) is 31.2 Å². The molecule has 1 aliphatic heterocycles. The fourth-order valence-electron chi connectivity index (χ4n) is 3.12. The van der Waals surface area contributed by atoms with Crippen LogP contribution >= 0.6 is 11.3 Å². The van der Waals surface area contributed by atoms with Gasteiger partial charge in [-0.2, -0.15) is 0 Å². The summed E-state index contributed by atoms with van der Waals surface area (Å²) in [4.78, 5) is 27.3. The molecular formula is C19H21NO2S. The van der Waals surface area contributed by atoms with E-state index in [9.17, 15) is 9.59 Å². The minimum absolute atomic E-state index is 0.0689. The molecule has 3 nitrogen and oxygen atoms in total. The highest BCUT2D eigenvalue weighted by atomic mass is 32.1. The number of likely N-dealkylation sites (tertiary alicyclic amines) is 1. The second kappa shape index (κ2) is 7.09. The summed E-state index contributed by atoms with van der Waals surface area (Å²) in [6.45, 7) is 2.86. The summed E-state index contributed by atoms with van der Waals surface area (Å²) in [5, 5.41) is 1.89. The predicted octanol–water partition coefficient (Wildman–Crippen LogP) is 4.38. The third-order valence-corrected chi connectivity index (χ3v) is 5.31. The van der Waals surface area contributed by atoms with E-state index < -0.39 is 0 Å². The van der Waals surface area contributed by atoms with Crippen molar-refractivity contribution in [1.82, 2.24) is 4.90 Å². The Morgan fingerprint density at radius 1 is 1.17 bits per heavy atom. The lowest BCUT2D eigenvalue weighted by Gasteiger charge is -2.25. The molecule has 1 saturated heterocycles. The van der Waals surface area contributed by atoms with Crippen LogP contribution in [0, 0.1) is 6.92 Å². The van der Waals surface area contributed by atoms with Crippen molar-refractivity contribution in [1.29, 1.82) is 0 Å². The molecule has 0 radical (unpaired) electrons. The molecule has 2 aromatic rings. The van der Waals surface area contributed by atoms with Crippen LogP contribution in [-0.2, 0) is 4.79 Å². The van der Waals surface area contributed by atoms with Crippen LogP contribution in [0.2, 0.25) is 0 Å². The Morgan fingerprint density at radius 2 is 1.96 bits per heavy atom. The van der Waals surface area contributed by atoms with Crippen molar-refractivity contribution in [3.63, 3.8) is 0 Å². The van der Waals surface area contributed by atoms with Crippen molar-refractivity contribution < 1.29 is 9.59 Å². The van der Waals surface area contributed by atoms with Gasteiger partial charge in [-0.1, -0.05) is 35.9 Å². The van der Waals surface area contributed by atoms with Gasteiger partial charge in [0.1, 0.15) is 0 Å². The maximum absolute atomic E-state index is 12.5. The summed E-state index contributed by atoms with van der Waals surface area (Å²) in [7, 11) is 0. The number of hydrogen-bond donors (Lipinski definition) is 0. The molecule has 0 N–H and O–H groups in total. The standard InChI is InChI=1S/C19H21NO2S/c1-14-6-8-15(9-7-14)16-4-2-12-20(16)19(22)11-10-17(21)18-5-3-13-23-18/h3,5-9,13,16H,2,4,10-12H2,1H3. The van der Waals surface area contributed by atoms with Crippen molar-refractivity contribution in [2.45, 2.75) is 38.6 Å². The zero-order chi connectivity index (χ0) is 16.2. The molecule has 0 spiro atoms. The first-order valence-corrected chi connectivity index (χ1v) is 8.96. The van der Waals surface area contributed by atoms with Crippen molar-refractivity contribution in [3.8, 4) is 0 Å². The quantitative estimate of drug-likeness (QED) is 0.764. The van der Waals surface area contributed by atoms with Gasteiger partial charge in [-0.3, -0.25) is 9.59 Å². The number of amides is 1. The average molecular weight is 327 g/mol. The molecule has 0 aliphatic carbocycles. The van der Waals surface area contributed by atoms with E-state index in [1.165, 1.54) is 22.5 Å². The number of carbonyl (C=O) groups excluding carboxylic acids is 2. The molecule has 1 amide bonds. The van der Waals surface area contributed by atoms with E-state index in [4.69, 9.17) is 0 Å². The van der Waals surface area contributed by atoms with E-state index >= 15 is 0 Å². The molecule has 4 heteroatoms. The number of ketones is 1. The predicted molar refractivity (Wildman–Crippen MR) is 92.8 cm³/mol. The van der Waals surface area contributed by atoms with Crippen LogP contribution in [0.15, 0.2) is 41.8 Å². The Hall–Kier alpha value is -1.94. The molecule has 23 heavy (non-hydrogen) atoms. The van der Waals surface area contributed by atoms with Gasteiger partial charge in [-0.25, -0.2) is 0 Å². The number of carbonyl (C=O) groups is 2. The zero-order valence-corrected chi connectivity index (χ0v) is 14.1. The van der Waals surface area contributed by atoms with Crippen molar-refractivity contribution >= 4 is 23.0 Å². The van der Waals surface area contributed by atoms with E-state index in [-0.39, 0.29) is 17.7 Å². The summed E-state index contributed by atoms with van der Waals surface area (Å²) in [6, 6.07) is 12.3. The van der Waals surface area contributed by atoms with Crippen LogP contribution in [0.3, 0.4) is 0 Å². The normalized spacial score (nSPS) is 17.4. The Kier molecular flexibility index (Phi) is 4.91. The molecular weight excluding hydrogens is 306 g/mol. The van der Waals surface area contributed by atoms with Crippen molar-refractivity contribution in [2.24, 2.45) is 0 Å². The largest absolute Gasteiger partial charge is 0.336 e. The first-order valence-electron chi connectivity index (χ1n) is 8.08. The molecule has 1 aliphatic rings. The summed E-state index contributed by atoms with van der Waals surface area (Å²) in [6.07, 6.45) is 2.65.